The lowest BCUT2D eigenvalue weighted by atomic mass is 10.3. The molecule has 0 aliphatic carbocycles. The van der Waals surface area contributed by atoms with Crippen LogP contribution in [-0.2, 0) is 0 Å². The van der Waals surface area contributed by atoms with Gasteiger partial charge in [0.05, 0.1) is 21.5 Å². The van der Waals surface area contributed by atoms with E-state index in [1.54, 1.807) is 12.2 Å². The van der Waals surface area contributed by atoms with E-state index in [9.17, 15) is 10.2 Å². The predicted octanol–water partition coefficient (Wildman–Crippen LogP) is 0.508. The highest BCUT2D eigenvalue weighted by Gasteiger charge is 2.12. The first-order valence-electron chi connectivity index (χ1n) is 4.43. The van der Waals surface area contributed by atoms with E-state index in [1.165, 1.54) is 0 Å². The van der Waals surface area contributed by atoms with Crippen LogP contribution >= 0.6 is 0 Å². The molecule has 4 heteroatoms. The standard InChI is InChI=1S/C10H12N2O2/c1-3-5-7-8(10(14)11-5)6(4-2)12-9(7)13/h3-4,11-14H,1-2H3. The molecule has 0 aliphatic rings. The molecule has 2 heterocycles. The fourth-order valence-electron chi connectivity index (χ4n) is 1.70. The van der Waals surface area contributed by atoms with Gasteiger partial charge in [0.2, 0.25) is 0 Å². The van der Waals surface area contributed by atoms with Gasteiger partial charge >= 0.3 is 0 Å². The van der Waals surface area contributed by atoms with Crippen LogP contribution in [0.25, 0.3) is 22.9 Å². The number of hydrogen-bond donors (Lipinski definition) is 4. The molecule has 0 aliphatic heterocycles. The van der Waals surface area contributed by atoms with Crippen molar-refractivity contribution >= 4 is 22.9 Å². The summed E-state index contributed by atoms with van der Waals surface area (Å²) in [5, 5.41) is 22.0. The lowest BCUT2D eigenvalue weighted by molar-refractivity contribution is 0.459. The van der Waals surface area contributed by atoms with Gasteiger partial charge in [0, 0.05) is 0 Å². The van der Waals surface area contributed by atoms with Crippen molar-refractivity contribution < 1.29 is 10.2 Å². The lowest BCUT2D eigenvalue weighted by Crippen LogP contribution is -1.99. The third-order valence-corrected chi connectivity index (χ3v) is 2.35. The molecule has 0 fully saturated rings. The number of nitrogens with one attached hydrogen (secondary N) is 2. The Morgan fingerprint density at radius 2 is 1.21 bits per heavy atom. The summed E-state index contributed by atoms with van der Waals surface area (Å²) in [4.78, 5) is 5.60. The van der Waals surface area contributed by atoms with Crippen molar-refractivity contribution in [2.45, 2.75) is 13.8 Å². The molecule has 14 heavy (non-hydrogen) atoms. The van der Waals surface area contributed by atoms with Crippen molar-refractivity contribution in [1.82, 2.24) is 9.97 Å². The van der Waals surface area contributed by atoms with Crippen molar-refractivity contribution in [3.63, 3.8) is 0 Å². The largest absolute Gasteiger partial charge is 0.494 e. The topological polar surface area (TPSA) is 72.0 Å². The van der Waals surface area contributed by atoms with Crippen LogP contribution in [0.15, 0.2) is 0 Å². The SMILES string of the molecule is CC=c1[nH]c(O)c2c(=CC)[nH]c(O)c12. The van der Waals surface area contributed by atoms with Gasteiger partial charge in [-0.25, -0.2) is 0 Å². The second-order valence-corrected chi connectivity index (χ2v) is 3.10. The first-order chi connectivity index (χ1) is 6.69. The summed E-state index contributed by atoms with van der Waals surface area (Å²) >= 11 is 0. The van der Waals surface area contributed by atoms with E-state index in [0.29, 0.717) is 10.8 Å². The van der Waals surface area contributed by atoms with Crippen molar-refractivity contribution in [2.75, 3.05) is 0 Å². The molecule has 4 nitrogen and oxygen atoms in total. The fourth-order valence-corrected chi connectivity index (χ4v) is 1.70. The summed E-state index contributed by atoms with van der Waals surface area (Å²) in [5.74, 6) is 0.163. The number of aromatic hydroxyl groups is 2. The van der Waals surface area contributed by atoms with E-state index in [1.807, 2.05) is 13.8 Å². The highest BCUT2D eigenvalue weighted by Crippen LogP contribution is 2.22. The first-order valence-corrected chi connectivity index (χ1v) is 4.43. The monoisotopic (exact) mass is 192 g/mol. The average molecular weight is 192 g/mol. The number of aromatic nitrogens is 2. The molecule has 0 amide bonds. The van der Waals surface area contributed by atoms with Crippen molar-refractivity contribution in [3.05, 3.63) is 10.7 Å². The summed E-state index contributed by atoms with van der Waals surface area (Å²) in [7, 11) is 0. The first kappa shape index (κ1) is 8.74. The minimum atomic E-state index is 0.0813. The van der Waals surface area contributed by atoms with E-state index in [-0.39, 0.29) is 11.8 Å². The van der Waals surface area contributed by atoms with E-state index in [0.717, 1.165) is 10.7 Å². The van der Waals surface area contributed by atoms with Gasteiger partial charge in [-0.1, -0.05) is 12.2 Å². The molecule has 0 aromatic carbocycles. The molecule has 2 aromatic heterocycles. The van der Waals surface area contributed by atoms with E-state index in [2.05, 4.69) is 9.97 Å². The van der Waals surface area contributed by atoms with Crippen molar-refractivity contribution in [1.29, 1.82) is 0 Å². The molecule has 0 radical (unpaired) electrons. The Balaban J connectivity index is 3.15. The van der Waals surface area contributed by atoms with Crippen LogP contribution in [0.3, 0.4) is 0 Å². The zero-order valence-corrected chi connectivity index (χ0v) is 8.05. The number of rotatable bonds is 0. The molecule has 4 N–H and O–H groups in total. The van der Waals surface area contributed by atoms with Gasteiger partial charge in [-0.15, -0.1) is 0 Å². The normalized spacial score (nSPS) is 14.4. The van der Waals surface area contributed by atoms with Crippen LogP contribution < -0.4 is 10.7 Å². The molecule has 0 atom stereocenters. The summed E-state index contributed by atoms with van der Waals surface area (Å²) in [6, 6.07) is 0. The molecule has 0 spiro atoms. The Labute approximate surface area is 80.2 Å². The molecule has 0 saturated heterocycles. The van der Waals surface area contributed by atoms with Crippen molar-refractivity contribution in [2.24, 2.45) is 0 Å². The average Bonchev–Trinajstić information content (AvgIpc) is 2.67. The van der Waals surface area contributed by atoms with Gasteiger partial charge in [-0.05, 0) is 13.8 Å². The second-order valence-electron chi connectivity index (χ2n) is 3.10. The molecular weight excluding hydrogens is 180 g/mol. The Morgan fingerprint density at radius 3 is 1.50 bits per heavy atom. The minimum absolute atomic E-state index is 0.0813. The fraction of sp³-hybridized carbons (Fsp3) is 0.200. The van der Waals surface area contributed by atoms with Crippen LogP contribution in [0.2, 0.25) is 0 Å². The maximum atomic E-state index is 9.62. The van der Waals surface area contributed by atoms with Gasteiger partial charge in [0.1, 0.15) is 0 Å². The van der Waals surface area contributed by atoms with Crippen LogP contribution in [0, 0.1) is 0 Å². The predicted molar refractivity (Wildman–Crippen MR) is 55.5 cm³/mol. The van der Waals surface area contributed by atoms with Gasteiger partial charge in [0.25, 0.3) is 0 Å². The highest BCUT2D eigenvalue weighted by molar-refractivity contribution is 5.93. The number of hydrogen-bond acceptors (Lipinski definition) is 2. The smallest absolute Gasteiger partial charge is 0.199 e. The third kappa shape index (κ3) is 0.937. The zero-order chi connectivity index (χ0) is 10.3. The van der Waals surface area contributed by atoms with Crippen LogP contribution in [0.4, 0.5) is 0 Å². The lowest BCUT2D eigenvalue weighted by Gasteiger charge is -1.83. The Hall–Kier alpha value is -1.84. The van der Waals surface area contributed by atoms with Gasteiger partial charge < -0.3 is 20.2 Å². The molecule has 0 unspecified atom stereocenters. The Bertz CT molecular complexity index is 536. The van der Waals surface area contributed by atoms with Crippen molar-refractivity contribution in [3.8, 4) is 11.8 Å². The number of aromatic amines is 2. The number of H-pyrrole nitrogens is 2. The molecule has 2 aromatic rings. The summed E-state index contributed by atoms with van der Waals surface area (Å²) in [5.41, 5.74) is 0. The highest BCUT2D eigenvalue weighted by atomic mass is 16.3. The number of fused-ring (bicyclic) bond motifs is 1. The van der Waals surface area contributed by atoms with Crippen LogP contribution in [0.1, 0.15) is 13.8 Å². The Morgan fingerprint density at radius 1 is 0.857 bits per heavy atom. The summed E-state index contributed by atoms with van der Waals surface area (Å²) in [6.45, 7) is 3.68. The third-order valence-electron chi connectivity index (χ3n) is 2.35. The molecule has 2 rings (SSSR count). The molecule has 0 bridgehead atoms. The second kappa shape index (κ2) is 2.83. The quantitative estimate of drug-likeness (QED) is 0.491. The maximum absolute atomic E-state index is 9.62. The van der Waals surface area contributed by atoms with E-state index >= 15 is 0 Å². The Kier molecular flexibility index (Phi) is 1.77. The van der Waals surface area contributed by atoms with Crippen LogP contribution in [0.5, 0.6) is 11.8 Å². The molecular formula is C10H12N2O2. The van der Waals surface area contributed by atoms with E-state index < -0.39 is 0 Å². The van der Waals surface area contributed by atoms with E-state index in [4.69, 9.17) is 0 Å². The van der Waals surface area contributed by atoms with Gasteiger partial charge in [-0.3, -0.25) is 0 Å². The summed E-state index contributed by atoms with van der Waals surface area (Å²) in [6.07, 6.45) is 3.60. The molecule has 0 saturated carbocycles. The molecule has 74 valence electrons. The van der Waals surface area contributed by atoms with Crippen LogP contribution in [-0.4, -0.2) is 20.2 Å². The maximum Gasteiger partial charge on any atom is 0.199 e. The minimum Gasteiger partial charge on any atom is -0.494 e. The van der Waals surface area contributed by atoms with Gasteiger partial charge in [-0.2, -0.15) is 0 Å². The zero-order valence-electron chi connectivity index (χ0n) is 8.05. The summed E-state index contributed by atoms with van der Waals surface area (Å²) < 4.78 is 0. The van der Waals surface area contributed by atoms with Gasteiger partial charge in [0.15, 0.2) is 11.8 Å².